The highest BCUT2D eigenvalue weighted by molar-refractivity contribution is 7.89. The summed E-state index contributed by atoms with van der Waals surface area (Å²) in [4.78, 5) is 13.8. The summed E-state index contributed by atoms with van der Waals surface area (Å²) in [5.41, 5.74) is 1.84. The number of sulfonamides is 1. The average Bonchev–Trinajstić information content (AvgIpc) is 2.44. The average molecular weight is 312 g/mol. The molecule has 1 rings (SSSR count). The molecular formula is C15H24N2O3S. The molecule has 0 aliphatic heterocycles. The van der Waals surface area contributed by atoms with Gasteiger partial charge in [0.25, 0.3) is 0 Å². The number of aryl methyl sites for hydroxylation is 1. The van der Waals surface area contributed by atoms with E-state index in [1.54, 1.807) is 4.90 Å². The van der Waals surface area contributed by atoms with E-state index < -0.39 is 10.0 Å². The van der Waals surface area contributed by atoms with E-state index in [0.29, 0.717) is 13.0 Å². The third kappa shape index (κ3) is 5.85. The van der Waals surface area contributed by atoms with Crippen LogP contribution < -0.4 is 9.62 Å². The first kappa shape index (κ1) is 17.7. The van der Waals surface area contributed by atoms with Crippen LogP contribution in [0.3, 0.4) is 0 Å². The number of carbonyl (C=O) groups is 1. The van der Waals surface area contributed by atoms with E-state index in [1.165, 1.54) is 0 Å². The molecule has 6 heteroatoms. The summed E-state index contributed by atoms with van der Waals surface area (Å²) in [6, 6.07) is 7.59. The second kappa shape index (κ2) is 8.14. The Balaban J connectivity index is 2.68. The quantitative estimate of drug-likeness (QED) is 0.799. The zero-order valence-electron chi connectivity index (χ0n) is 12.9. The summed E-state index contributed by atoms with van der Waals surface area (Å²) in [5.74, 6) is -0.184. The fourth-order valence-corrected chi connectivity index (χ4v) is 3.13. The standard InChI is InChI=1S/C15H24N2O3S/c1-4-6-10-21(19,20)16-12-15(18)17(5-2)14-9-7-8-13(3)11-14/h7-9,11,16H,4-6,10,12H2,1-3H3. The molecule has 0 fully saturated rings. The van der Waals surface area contributed by atoms with Crippen LogP contribution in [0.5, 0.6) is 0 Å². The van der Waals surface area contributed by atoms with Gasteiger partial charge in [0.05, 0.1) is 12.3 Å². The number of carbonyl (C=O) groups excluding carboxylic acids is 1. The highest BCUT2D eigenvalue weighted by Crippen LogP contribution is 2.15. The molecule has 0 radical (unpaired) electrons. The van der Waals surface area contributed by atoms with Crippen LogP contribution in [0.25, 0.3) is 0 Å². The summed E-state index contributed by atoms with van der Waals surface area (Å²) < 4.78 is 25.8. The number of likely N-dealkylation sites (N-methyl/N-ethyl adjacent to an activating group) is 1. The van der Waals surface area contributed by atoms with Crippen molar-refractivity contribution in [1.29, 1.82) is 0 Å². The maximum atomic E-state index is 12.2. The van der Waals surface area contributed by atoms with Crippen molar-refractivity contribution in [1.82, 2.24) is 4.72 Å². The van der Waals surface area contributed by atoms with E-state index >= 15 is 0 Å². The van der Waals surface area contributed by atoms with Gasteiger partial charge in [0.1, 0.15) is 0 Å². The normalized spacial score (nSPS) is 11.4. The lowest BCUT2D eigenvalue weighted by atomic mass is 10.2. The Bertz CT molecular complexity index is 570. The van der Waals surface area contributed by atoms with E-state index in [9.17, 15) is 13.2 Å². The fourth-order valence-electron chi connectivity index (χ4n) is 1.97. The Hall–Kier alpha value is -1.40. The molecule has 1 aromatic rings. The Labute approximate surface area is 127 Å². The Morgan fingerprint density at radius 1 is 1.29 bits per heavy atom. The number of nitrogens with zero attached hydrogens (tertiary/aromatic N) is 1. The first-order valence-corrected chi connectivity index (χ1v) is 8.89. The van der Waals surface area contributed by atoms with Crippen molar-refractivity contribution < 1.29 is 13.2 Å². The summed E-state index contributed by atoms with van der Waals surface area (Å²) in [6.45, 7) is 6.05. The van der Waals surface area contributed by atoms with Crippen molar-refractivity contribution >= 4 is 21.6 Å². The van der Waals surface area contributed by atoms with E-state index in [2.05, 4.69) is 4.72 Å². The number of unbranched alkanes of at least 4 members (excludes halogenated alkanes) is 1. The number of anilines is 1. The summed E-state index contributed by atoms with van der Waals surface area (Å²) >= 11 is 0. The topological polar surface area (TPSA) is 66.5 Å². The molecule has 0 aromatic heterocycles. The van der Waals surface area contributed by atoms with Crippen molar-refractivity contribution in [3.05, 3.63) is 29.8 Å². The molecule has 1 aromatic carbocycles. The van der Waals surface area contributed by atoms with E-state index in [-0.39, 0.29) is 18.2 Å². The van der Waals surface area contributed by atoms with Crippen LogP contribution in [0, 0.1) is 6.92 Å². The molecule has 0 aliphatic rings. The van der Waals surface area contributed by atoms with E-state index in [4.69, 9.17) is 0 Å². The highest BCUT2D eigenvalue weighted by atomic mass is 32.2. The van der Waals surface area contributed by atoms with Crippen LogP contribution in [0.4, 0.5) is 5.69 Å². The lowest BCUT2D eigenvalue weighted by molar-refractivity contribution is -0.117. The molecule has 118 valence electrons. The molecule has 0 unspecified atom stereocenters. The van der Waals surface area contributed by atoms with Crippen molar-refractivity contribution in [2.45, 2.75) is 33.6 Å². The van der Waals surface area contributed by atoms with Gasteiger partial charge in [0, 0.05) is 12.2 Å². The largest absolute Gasteiger partial charge is 0.312 e. The van der Waals surface area contributed by atoms with E-state index in [0.717, 1.165) is 17.7 Å². The Morgan fingerprint density at radius 2 is 2.00 bits per heavy atom. The molecule has 1 amide bonds. The minimum atomic E-state index is -3.37. The molecule has 1 N–H and O–H groups in total. The highest BCUT2D eigenvalue weighted by Gasteiger charge is 2.17. The second-order valence-corrected chi connectivity index (χ2v) is 6.90. The van der Waals surface area contributed by atoms with Gasteiger partial charge in [-0.1, -0.05) is 25.5 Å². The molecule has 5 nitrogen and oxygen atoms in total. The molecule has 0 aliphatic carbocycles. The van der Waals surface area contributed by atoms with Gasteiger partial charge >= 0.3 is 0 Å². The molecule has 0 bridgehead atoms. The lowest BCUT2D eigenvalue weighted by Crippen LogP contribution is -2.40. The number of hydrogen-bond acceptors (Lipinski definition) is 3. The number of nitrogens with one attached hydrogen (secondary N) is 1. The smallest absolute Gasteiger partial charge is 0.242 e. The molecule has 0 heterocycles. The third-order valence-corrected chi connectivity index (χ3v) is 4.55. The van der Waals surface area contributed by atoms with Crippen LogP contribution in [0.1, 0.15) is 32.3 Å². The predicted molar refractivity (Wildman–Crippen MR) is 85.9 cm³/mol. The maximum Gasteiger partial charge on any atom is 0.242 e. The first-order chi connectivity index (χ1) is 9.89. The lowest BCUT2D eigenvalue weighted by Gasteiger charge is -2.21. The van der Waals surface area contributed by atoms with Crippen molar-refractivity contribution in [2.75, 3.05) is 23.7 Å². The Kier molecular flexibility index (Phi) is 6.84. The van der Waals surface area contributed by atoms with Crippen molar-refractivity contribution in [2.24, 2.45) is 0 Å². The fraction of sp³-hybridized carbons (Fsp3) is 0.533. The summed E-state index contributed by atoms with van der Waals surface area (Å²) in [5, 5.41) is 0. The number of rotatable bonds is 8. The van der Waals surface area contributed by atoms with Gasteiger partial charge in [-0.25, -0.2) is 13.1 Å². The van der Waals surface area contributed by atoms with Crippen LogP contribution in [-0.2, 0) is 14.8 Å². The molecule has 0 saturated heterocycles. The monoisotopic (exact) mass is 312 g/mol. The van der Waals surface area contributed by atoms with Gasteiger partial charge in [-0.2, -0.15) is 0 Å². The van der Waals surface area contributed by atoms with Gasteiger partial charge in [-0.05, 0) is 38.0 Å². The maximum absolute atomic E-state index is 12.2. The zero-order valence-corrected chi connectivity index (χ0v) is 13.7. The minimum Gasteiger partial charge on any atom is -0.312 e. The number of benzene rings is 1. The van der Waals surface area contributed by atoms with Crippen LogP contribution in [0.15, 0.2) is 24.3 Å². The second-order valence-electron chi connectivity index (χ2n) is 4.97. The third-order valence-electron chi connectivity index (χ3n) is 3.14. The van der Waals surface area contributed by atoms with Crippen molar-refractivity contribution in [3.63, 3.8) is 0 Å². The van der Waals surface area contributed by atoms with Crippen LogP contribution >= 0.6 is 0 Å². The van der Waals surface area contributed by atoms with E-state index in [1.807, 2.05) is 45.0 Å². The van der Waals surface area contributed by atoms with Gasteiger partial charge in [-0.15, -0.1) is 0 Å². The van der Waals surface area contributed by atoms with Gasteiger partial charge in [0.2, 0.25) is 15.9 Å². The number of hydrogen-bond donors (Lipinski definition) is 1. The Morgan fingerprint density at radius 3 is 2.57 bits per heavy atom. The molecular weight excluding hydrogens is 288 g/mol. The molecule has 21 heavy (non-hydrogen) atoms. The zero-order chi connectivity index (χ0) is 15.9. The predicted octanol–water partition coefficient (Wildman–Crippen LogP) is 2.07. The molecule has 0 saturated carbocycles. The van der Waals surface area contributed by atoms with Crippen LogP contribution in [-0.4, -0.2) is 33.2 Å². The van der Waals surface area contributed by atoms with Gasteiger partial charge in [-0.3, -0.25) is 4.79 Å². The SMILES string of the molecule is CCCCS(=O)(=O)NCC(=O)N(CC)c1cccc(C)c1. The molecule has 0 atom stereocenters. The number of amides is 1. The summed E-state index contributed by atoms with van der Waals surface area (Å²) in [6.07, 6.45) is 1.40. The van der Waals surface area contributed by atoms with Gasteiger partial charge in [0.15, 0.2) is 0 Å². The van der Waals surface area contributed by atoms with Crippen molar-refractivity contribution in [3.8, 4) is 0 Å². The summed E-state index contributed by atoms with van der Waals surface area (Å²) in [7, 11) is -3.37. The molecule has 0 spiro atoms. The minimum absolute atomic E-state index is 0.0628. The van der Waals surface area contributed by atoms with Crippen LogP contribution in [0.2, 0.25) is 0 Å². The first-order valence-electron chi connectivity index (χ1n) is 7.24. The van der Waals surface area contributed by atoms with Gasteiger partial charge < -0.3 is 4.90 Å².